The first-order chi connectivity index (χ1) is 12.5. The molecule has 0 saturated heterocycles. The van der Waals surface area contributed by atoms with Crippen molar-refractivity contribution in [1.82, 2.24) is 5.32 Å². The smallest absolute Gasteiger partial charge is 0.244 e. The number of anilines is 1. The van der Waals surface area contributed by atoms with Crippen LogP contribution >= 0.6 is 23.2 Å². The van der Waals surface area contributed by atoms with Crippen LogP contribution in [0.25, 0.3) is 0 Å². The van der Waals surface area contributed by atoms with Gasteiger partial charge < -0.3 is 5.32 Å². The Hall–Kier alpha value is -1.76. The normalized spacial score (nSPS) is 13.7. The molecular weight excluding hydrogens is 407 g/mol. The van der Waals surface area contributed by atoms with Crippen LogP contribution in [0.4, 0.5) is 5.69 Å². The second-order valence-corrected chi connectivity index (χ2v) is 9.17. The second kappa shape index (κ2) is 8.50. The zero-order chi connectivity index (χ0) is 20.4. The van der Waals surface area contributed by atoms with Gasteiger partial charge in [0, 0.05) is 5.02 Å². The first-order valence-corrected chi connectivity index (χ1v) is 10.9. The van der Waals surface area contributed by atoms with Crippen molar-refractivity contribution in [2.24, 2.45) is 0 Å². The molecule has 5 nitrogen and oxygen atoms in total. The Kier molecular flexibility index (Phi) is 6.78. The summed E-state index contributed by atoms with van der Waals surface area (Å²) in [6, 6.07) is 10.9. The van der Waals surface area contributed by atoms with E-state index in [1.54, 1.807) is 6.07 Å². The average Bonchev–Trinajstić information content (AvgIpc) is 2.57. The van der Waals surface area contributed by atoms with Gasteiger partial charge in [0.1, 0.15) is 6.04 Å². The third-order valence-corrected chi connectivity index (χ3v) is 5.95. The van der Waals surface area contributed by atoms with Crippen molar-refractivity contribution in [2.75, 3.05) is 10.6 Å². The van der Waals surface area contributed by atoms with Gasteiger partial charge in [0.05, 0.1) is 23.0 Å². The Morgan fingerprint density at radius 1 is 1.07 bits per heavy atom. The summed E-state index contributed by atoms with van der Waals surface area (Å²) < 4.78 is 25.7. The van der Waals surface area contributed by atoms with Crippen LogP contribution in [0.2, 0.25) is 10.0 Å². The molecule has 8 heteroatoms. The number of sulfonamides is 1. The largest absolute Gasteiger partial charge is 0.348 e. The summed E-state index contributed by atoms with van der Waals surface area (Å²) >= 11 is 12.2. The number of halogens is 2. The Morgan fingerprint density at radius 3 is 2.22 bits per heavy atom. The molecule has 1 amide bonds. The van der Waals surface area contributed by atoms with Gasteiger partial charge in [-0.2, -0.15) is 0 Å². The van der Waals surface area contributed by atoms with Gasteiger partial charge in [-0.3, -0.25) is 9.10 Å². The van der Waals surface area contributed by atoms with Crippen LogP contribution in [0.5, 0.6) is 0 Å². The molecule has 0 fully saturated rings. The minimum atomic E-state index is -3.78. The molecule has 2 aromatic rings. The van der Waals surface area contributed by atoms with E-state index < -0.39 is 22.0 Å². The van der Waals surface area contributed by atoms with E-state index in [0.29, 0.717) is 5.02 Å². The minimum absolute atomic E-state index is 0.164. The van der Waals surface area contributed by atoms with Crippen molar-refractivity contribution in [2.45, 2.75) is 32.9 Å². The zero-order valence-electron chi connectivity index (χ0n) is 15.5. The fraction of sp³-hybridized carbons (Fsp3) is 0.316. The molecular formula is C19H22Cl2N2O3S. The van der Waals surface area contributed by atoms with Gasteiger partial charge in [0.15, 0.2) is 0 Å². The van der Waals surface area contributed by atoms with Gasteiger partial charge in [-0.25, -0.2) is 8.42 Å². The number of carbonyl (C=O) groups is 1. The number of nitrogens with one attached hydrogen (secondary N) is 1. The molecule has 0 bridgehead atoms. The van der Waals surface area contributed by atoms with Crippen molar-refractivity contribution in [3.05, 3.63) is 63.6 Å². The average molecular weight is 429 g/mol. The first kappa shape index (κ1) is 21.5. The van der Waals surface area contributed by atoms with Crippen LogP contribution in [-0.4, -0.2) is 26.6 Å². The third-order valence-electron chi connectivity index (χ3n) is 4.17. The monoisotopic (exact) mass is 428 g/mol. The van der Waals surface area contributed by atoms with Gasteiger partial charge in [-0.1, -0.05) is 53.0 Å². The summed E-state index contributed by atoms with van der Waals surface area (Å²) in [6.45, 7) is 5.33. The maximum atomic E-state index is 12.8. The highest BCUT2D eigenvalue weighted by Gasteiger charge is 2.31. The lowest BCUT2D eigenvalue weighted by Gasteiger charge is -2.30. The van der Waals surface area contributed by atoms with Crippen molar-refractivity contribution in [1.29, 1.82) is 0 Å². The predicted molar refractivity (Wildman–Crippen MR) is 111 cm³/mol. The third kappa shape index (κ3) is 5.37. The molecule has 0 aliphatic carbocycles. The van der Waals surface area contributed by atoms with E-state index >= 15 is 0 Å². The fourth-order valence-electron chi connectivity index (χ4n) is 2.71. The van der Waals surface area contributed by atoms with Crippen LogP contribution in [0.15, 0.2) is 42.5 Å². The zero-order valence-corrected chi connectivity index (χ0v) is 17.9. The number of amides is 1. The van der Waals surface area contributed by atoms with Gasteiger partial charge in [0.25, 0.3) is 0 Å². The Balaban J connectivity index is 2.30. The molecule has 0 aromatic heterocycles. The van der Waals surface area contributed by atoms with Crippen molar-refractivity contribution < 1.29 is 13.2 Å². The van der Waals surface area contributed by atoms with Crippen LogP contribution in [0, 0.1) is 6.92 Å². The molecule has 2 rings (SSSR count). The van der Waals surface area contributed by atoms with E-state index in [9.17, 15) is 13.2 Å². The van der Waals surface area contributed by atoms with Crippen LogP contribution in [0.1, 0.15) is 31.0 Å². The highest BCUT2D eigenvalue weighted by molar-refractivity contribution is 7.92. The second-order valence-electron chi connectivity index (χ2n) is 6.47. The van der Waals surface area contributed by atoms with Crippen LogP contribution in [-0.2, 0) is 14.8 Å². The maximum absolute atomic E-state index is 12.8. The standard InChI is InChI=1S/C19H22Cl2N2O3S/c1-12-5-7-15(8-6-12)13(2)22-19(24)14(3)23(27(4,25)26)18-11-16(20)9-10-17(18)21/h5-11,13-14H,1-4H3,(H,22,24)/t13-,14-/m1/s1. The summed E-state index contributed by atoms with van der Waals surface area (Å²) in [4.78, 5) is 12.8. The van der Waals surface area contributed by atoms with Crippen molar-refractivity contribution >= 4 is 44.8 Å². The predicted octanol–water partition coefficient (Wildman–Crippen LogP) is 4.33. The van der Waals surface area contributed by atoms with Gasteiger partial charge in [-0.05, 0) is 44.5 Å². The lowest BCUT2D eigenvalue weighted by molar-refractivity contribution is -0.122. The molecule has 0 heterocycles. The number of aryl methyl sites for hydroxylation is 1. The van der Waals surface area contributed by atoms with E-state index in [1.807, 2.05) is 38.1 Å². The Labute approximate surface area is 170 Å². The van der Waals surface area contributed by atoms with Gasteiger partial charge >= 0.3 is 0 Å². The van der Waals surface area contributed by atoms with E-state index in [-0.39, 0.29) is 16.8 Å². The summed E-state index contributed by atoms with van der Waals surface area (Å²) in [5.74, 6) is -0.440. The van der Waals surface area contributed by atoms with E-state index in [1.165, 1.54) is 19.1 Å². The molecule has 0 saturated carbocycles. The summed E-state index contributed by atoms with van der Waals surface area (Å²) in [5, 5.41) is 3.36. The highest BCUT2D eigenvalue weighted by atomic mass is 35.5. The lowest BCUT2D eigenvalue weighted by Crippen LogP contribution is -2.48. The molecule has 0 aliphatic heterocycles. The Bertz CT molecular complexity index is 930. The van der Waals surface area contributed by atoms with Crippen molar-refractivity contribution in [3.8, 4) is 0 Å². The highest BCUT2D eigenvalue weighted by Crippen LogP contribution is 2.32. The number of benzene rings is 2. The molecule has 27 heavy (non-hydrogen) atoms. The molecule has 0 aliphatic rings. The number of nitrogens with zero attached hydrogens (tertiary/aromatic N) is 1. The van der Waals surface area contributed by atoms with Crippen LogP contribution in [0.3, 0.4) is 0 Å². The molecule has 0 unspecified atom stereocenters. The van der Waals surface area contributed by atoms with Crippen LogP contribution < -0.4 is 9.62 Å². The van der Waals surface area contributed by atoms with E-state index in [0.717, 1.165) is 21.7 Å². The molecule has 146 valence electrons. The molecule has 1 N–H and O–H groups in total. The minimum Gasteiger partial charge on any atom is -0.348 e. The van der Waals surface area contributed by atoms with Gasteiger partial charge in [-0.15, -0.1) is 0 Å². The summed E-state index contributed by atoms with van der Waals surface area (Å²) in [7, 11) is -3.78. The maximum Gasteiger partial charge on any atom is 0.244 e. The lowest BCUT2D eigenvalue weighted by atomic mass is 10.1. The molecule has 2 aromatic carbocycles. The van der Waals surface area contributed by atoms with Crippen molar-refractivity contribution in [3.63, 3.8) is 0 Å². The molecule has 0 spiro atoms. The fourth-order valence-corrected chi connectivity index (χ4v) is 4.31. The number of hydrogen-bond acceptors (Lipinski definition) is 3. The SMILES string of the molecule is Cc1ccc([C@@H](C)NC(=O)[C@@H](C)N(c2cc(Cl)ccc2Cl)S(C)(=O)=O)cc1. The first-order valence-electron chi connectivity index (χ1n) is 8.32. The Morgan fingerprint density at radius 2 is 1.67 bits per heavy atom. The van der Waals surface area contributed by atoms with Gasteiger partial charge in [0.2, 0.25) is 15.9 Å². The number of rotatable bonds is 6. The quantitative estimate of drug-likeness (QED) is 0.743. The number of carbonyl (C=O) groups excluding carboxylic acids is 1. The molecule has 0 radical (unpaired) electrons. The van der Waals surface area contributed by atoms with E-state index in [2.05, 4.69) is 5.32 Å². The summed E-state index contributed by atoms with van der Waals surface area (Å²) in [5.41, 5.74) is 2.20. The molecule has 2 atom stereocenters. The van der Waals surface area contributed by atoms with E-state index in [4.69, 9.17) is 23.2 Å². The topological polar surface area (TPSA) is 66.5 Å². The number of hydrogen-bond donors (Lipinski definition) is 1. The summed E-state index contributed by atoms with van der Waals surface area (Å²) in [6.07, 6.45) is 1.03.